The van der Waals surface area contributed by atoms with Crippen LogP contribution in [-0.2, 0) is 4.79 Å². The van der Waals surface area contributed by atoms with Crippen LogP contribution >= 0.6 is 0 Å². The lowest BCUT2D eigenvalue weighted by molar-refractivity contribution is -0.124. The van der Waals surface area contributed by atoms with E-state index in [-0.39, 0.29) is 12.0 Å². The molecule has 0 spiro atoms. The monoisotopic (exact) mass is 156 g/mol. The lowest BCUT2D eigenvalue weighted by Gasteiger charge is -2.24. The fourth-order valence-corrected chi connectivity index (χ4v) is 1.75. The van der Waals surface area contributed by atoms with E-state index in [4.69, 9.17) is 0 Å². The third kappa shape index (κ3) is 2.29. The minimum atomic E-state index is -0.218. The topological polar surface area (TPSA) is 37.3 Å². The van der Waals surface area contributed by atoms with Crippen molar-refractivity contribution < 1.29 is 9.90 Å². The second-order valence-corrected chi connectivity index (χ2v) is 3.34. The van der Waals surface area contributed by atoms with Crippen molar-refractivity contribution in [3.63, 3.8) is 0 Å². The number of Topliss-reactive ketones (excluding diaryl/α,β-unsaturated/α-hetero) is 1. The van der Waals surface area contributed by atoms with Crippen LogP contribution in [0.25, 0.3) is 0 Å². The molecule has 2 nitrogen and oxygen atoms in total. The largest absolute Gasteiger partial charge is 0.393 e. The maximum Gasteiger partial charge on any atom is 0.135 e. The molecule has 1 saturated carbocycles. The summed E-state index contributed by atoms with van der Waals surface area (Å²) in [6.07, 6.45) is 3.99. The van der Waals surface area contributed by atoms with Crippen molar-refractivity contribution in [1.29, 1.82) is 0 Å². The first kappa shape index (κ1) is 8.72. The van der Waals surface area contributed by atoms with Crippen molar-refractivity contribution in [1.82, 2.24) is 0 Å². The zero-order valence-corrected chi connectivity index (χ0v) is 7.05. The number of aliphatic hydroxyl groups excluding tert-OH is 1. The number of ketones is 1. The van der Waals surface area contributed by atoms with Gasteiger partial charge in [-0.05, 0) is 19.3 Å². The van der Waals surface area contributed by atoms with Crippen LogP contribution in [-0.4, -0.2) is 17.0 Å². The average Bonchev–Trinajstić information content (AvgIpc) is 2.03. The van der Waals surface area contributed by atoms with Crippen molar-refractivity contribution in [2.24, 2.45) is 5.92 Å². The van der Waals surface area contributed by atoms with Gasteiger partial charge in [0.1, 0.15) is 5.78 Å². The SMILES string of the molecule is CCC(=O)C1CCCC(O)C1. The van der Waals surface area contributed by atoms with Gasteiger partial charge in [-0.15, -0.1) is 0 Å². The first-order valence-electron chi connectivity index (χ1n) is 4.44. The van der Waals surface area contributed by atoms with Gasteiger partial charge in [0.15, 0.2) is 0 Å². The quantitative estimate of drug-likeness (QED) is 0.658. The van der Waals surface area contributed by atoms with Crippen molar-refractivity contribution in [3.8, 4) is 0 Å². The Morgan fingerprint density at radius 1 is 1.55 bits per heavy atom. The number of rotatable bonds is 2. The second-order valence-electron chi connectivity index (χ2n) is 3.34. The van der Waals surface area contributed by atoms with E-state index in [0.29, 0.717) is 18.6 Å². The summed E-state index contributed by atoms with van der Waals surface area (Å²) >= 11 is 0. The Hall–Kier alpha value is -0.370. The first-order valence-corrected chi connectivity index (χ1v) is 4.44. The molecule has 0 aromatic carbocycles. The summed E-state index contributed by atoms with van der Waals surface area (Å²) in [5.74, 6) is 0.479. The van der Waals surface area contributed by atoms with Crippen LogP contribution in [0.15, 0.2) is 0 Å². The Morgan fingerprint density at radius 3 is 2.82 bits per heavy atom. The molecule has 0 radical (unpaired) electrons. The minimum Gasteiger partial charge on any atom is -0.393 e. The molecule has 2 atom stereocenters. The summed E-state index contributed by atoms with van der Waals surface area (Å²) in [5, 5.41) is 9.27. The van der Waals surface area contributed by atoms with E-state index >= 15 is 0 Å². The highest BCUT2D eigenvalue weighted by Crippen LogP contribution is 2.25. The zero-order chi connectivity index (χ0) is 8.27. The molecule has 0 amide bonds. The number of carbonyl (C=O) groups is 1. The summed E-state index contributed by atoms with van der Waals surface area (Å²) in [4.78, 5) is 11.2. The molecule has 1 aliphatic carbocycles. The molecule has 1 N–H and O–H groups in total. The number of aliphatic hydroxyl groups is 1. The Balaban J connectivity index is 2.39. The van der Waals surface area contributed by atoms with Gasteiger partial charge in [-0.2, -0.15) is 0 Å². The molecule has 0 aromatic rings. The number of hydrogen-bond donors (Lipinski definition) is 1. The first-order chi connectivity index (χ1) is 5.24. The third-order valence-electron chi connectivity index (χ3n) is 2.45. The van der Waals surface area contributed by atoms with Gasteiger partial charge in [-0.25, -0.2) is 0 Å². The lowest BCUT2D eigenvalue weighted by Crippen LogP contribution is -2.25. The highest BCUT2D eigenvalue weighted by atomic mass is 16.3. The second kappa shape index (κ2) is 3.86. The Labute approximate surface area is 67.6 Å². The van der Waals surface area contributed by atoms with E-state index in [9.17, 15) is 9.90 Å². The van der Waals surface area contributed by atoms with Gasteiger partial charge >= 0.3 is 0 Å². The molecule has 1 rings (SSSR count). The highest BCUT2D eigenvalue weighted by molar-refractivity contribution is 5.80. The summed E-state index contributed by atoms with van der Waals surface area (Å²) < 4.78 is 0. The Bertz CT molecular complexity index is 142. The maximum atomic E-state index is 11.2. The molecule has 11 heavy (non-hydrogen) atoms. The van der Waals surface area contributed by atoms with Gasteiger partial charge in [-0.1, -0.05) is 13.3 Å². The fourth-order valence-electron chi connectivity index (χ4n) is 1.75. The molecule has 0 aromatic heterocycles. The molecule has 64 valence electrons. The summed E-state index contributed by atoms with van der Waals surface area (Å²) in [6.45, 7) is 1.89. The number of hydrogen-bond acceptors (Lipinski definition) is 2. The summed E-state index contributed by atoms with van der Waals surface area (Å²) in [5.41, 5.74) is 0. The van der Waals surface area contributed by atoms with Gasteiger partial charge in [0, 0.05) is 12.3 Å². The standard InChI is InChI=1S/C9H16O2/c1-2-9(11)7-4-3-5-8(10)6-7/h7-8,10H,2-6H2,1H3. The summed E-state index contributed by atoms with van der Waals surface area (Å²) in [6, 6.07) is 0. The molecular weight excluding hydrogens is 140 g/mol. The van der Waals surface area contributed by atoms with Crippen molar-refractivity contribution in [3.05, 3.63) is 0 Å². The average molecular weight is 156 g/mol. The van der Waals surface area contributed by atoms with Crippen LogP contribution < -0.4 is 0 Å². The molecule has 0 heterocycles. The smallest absolute Gasteiger partial charge is 0.135 e. The van der Waals surface area contributed by atoms with Crippen LogP contribution in [0.2, 0.25) is 0 Å². The van der Waals surface area contributed by atoms with Crippen molar-refractivity contribution in [2.75, 3.05) is 0 Å². The van der Waals surface area contributed by atoms with E-state index in [0.717, 1.165) is 19.3 Å². The van der Waals surface area contributed by atoms with E-state index in [1.165, 1.54) is 0 Å². The van der Waals surface area contributed by atoms with Crippen molar-refractivity contribution in [2.45, 2.75) is 45.1 Å². The third-order valence-corrected chi connectivity index (χ3v) is 2.45. The van der Waals surface area contributed by atoms with E-state index in [1.807, 2.05) is 6.92 Å². The maximum absolute atomic E-state index is 11.2. The van der Waals surface area contributed by atoms with E-state index in [1.54, 1.807) is 0 Å². The van der Waals surface area contributed by atoms with Gasteiger partial charge < -0.3 is 5.11 Å². The van der Waals surface area contributed by atoms with E-state index in [2.05, 4.69) is 0 Å². The zero-order valence-electron chi connectivity index (χ0n) is 7.05. The number of carbonyl (C=O) groups excluding carboxylic acids is 1. The summed E-state index contributed by atoms with van der Waals surface area (Å²) in [7, 11) is 0. The Morgan fingerprint density at radius 2 is 2.27 bits per heavy atom. The molecule has 2 heteroatoms. The van der Waals surface area contributed by atoms with Gasteiger partial charge in [0.2, 0.25) is 0 Å². The van der Waals surface area contributed by atoms with Crippen LogP contribution in [0.3, 0.4) is 0 Å². The molecular formula is C9H16O2. The normalized spacial score (nSPS) is 31.8. The van der Waals surface area contributed by atoms with Gasteiger partial charge in [0.05, 0.1) is 6.10 Å². The Kier molecular flexibility index (Phi) is 3.06. The van der Waals surface area contributed by atoms with Crippen molar-refractivity contribution >= 4 is 5.78 Å². The van der Waals surface area contributed by atoms with Crippen LogP contribution in [0.4, 0.5) is 0 Å². The van der Waals surface area contributed by atoms with Crippen LogP contribution in [0.5, 0.6) is 0 Å². The minimum absolute atomic E-state index is 0.156. The predicted octanol–water partition coefficient (Wildman–Crippen LogP) is 1.52. The molecule has 0 saturated heterocycles. The lowest BCUT2D eigenvalue weighted by atomic mass is 9.84. The fraction of sp³-hybridized carbons (Fsp3) is 0.889. The molecule has 1 aliphatic rings. The molecule has 0 bridgehead atoms. The molecule has 2 unspecified atom stereocenters. The molecule has 0 aliphatic heterocycles. The highest BCUT2D eigenvalue weighted by Gasteiger charge is 2.24. The van der Waals surface area contributed by atoms with Crippen LogP contribution in [0.1, 0.15) is 39.0 Å². The predicted molar refractivity (Wildman–Crippen MR) is 43.3 cm³/mol. The van der Waals surface area contributed by atoms with Gasteiger partial charge in [-0.3, -0.25) is 4.79 Å². The van der Waals surface area contributed by atoms with E-state index < -0.39 is 0 Å². The van der Waals surface area contributed by atoms with Gasteiger partial charge in [0.25, 0.3) is 0 Å². The van der Waals surface area contributed by atoms with Crippen LogP contribution in [0, 0.1) is 5.92 Å². The molecule has 1 fully saturated rings.